The van der Waals surface area contributed by atoms with Crippen LogP contribution < -0.4 is 0 Å². The van der Waals surface area contributed by atoms with Gasteiger partial charge >= 0.3 is 11.9 Å². The van der Waals surface area contributed by atoms with E-state index in [1.54, 1.807) is 6.08 Å². The van der Waals surface area contributed by atoms with E-state index >= 15 is 0 Å². The summed E-state index contributed by atoms with van der Waals surface area (Å²) in [5.74, 6) is -0.991. The van der Waals surface area contributed by atoms with Crippen LogP contribution in [0.15, 0.2) is 12.7 Å². The zero-order chi connectivity index (χ0) is 9.84. The summed E-state index contributed by atoms with van der Waals surface area (Å²) < 4.78 is 4.48. The highest BCUT2D eigenvalue weighted by atomic mass is 16.6. The fourth-order valence-electron chi connectivity index (χ4n) is 1.64. The summed E-state index contributed by atoms with van der Waals surface area (Å²) >= 11 is 0. The van der Waals surface area contributed by atoms with Crippen molar-refractivity contribution in [1.29, 1.82) is 0 Å². The smallest absolute Gasteiger partial charge is 0.317 e. The monoisotopic (exact) mass is 182 g/mol. The van der Waals surface area contributed by atoms with Crippen LogP contribution in [0.2, 0.25) is 0 Å². The molecule has 0 aliphatic carbocycles. The average Bonchev–Trinajstić information content (AvgIpc) is 2.41. The molecule has 1 aliphatic heterocycles. The minimum atomic E-state index is -0.405. The number of carbonyl (C=O) groups is 2. The van der Waals surface area contributed by atoms with Crippen LogP contribution in [-0.4, -0.2) is 11.9 Å². The maximum atomic E-state index is 11.2. The largest absolute Gasteiger partial charge is 0.393 e. The van der Waals surface area contributed by atoms with Crippen molar-refractivity contribution in [2.45, 2.75) is 26.2 Å². The van der Waals surface area contributed by atoms with E-state index in [0.717, 1.165) is 12.8 Å². The Morgan fingerprint density at radius 2 is 2.38 bits per heavy atom. The Labute approximate surface area is 77.8 Å². The molecule has 2 unspecified atom stereocenters. The summed E-state index contributed by atoms with van der Waals surface area (Å²) in [7, 11) is 0. The quantitative estimate of drug-likeness (QED) is 0.377. The van der Waals surface area contributed by atoms with Crippen LogP contribution in [0.1, 0.15) is 26.2 Å². The van der Waals surface area contributed by atoms with Gasteiger partial charge in [-0.2, -0.15) is 0 Å². The van der Waals surface area contributed by atoms with Gasteiger partial charge in [-0.05, 0) is 12.3 Å². The summed E-state index contributed by atoms with van der Waals surface area (Å²) in [4.78, 5) is 22.0. The molecule has 0 radical (unpaired) electrons. The second-order valence-electron chi connectivity index (χ2n) is 3.29. The lowest BCUT2D eigenvalue weighted by molar-refractivity contribution is -0.153. The molecule has 0 N–H and O–H groups in total. The Bertz CT molecular complexity index is 232. The molecule has 0 aromatic rings. The molecular weight excluding hydrogens is 168 g/mol. The summed E-state index contributed by atoms with van der Waals surface area (Å²) in [5.41, 5.74) is 0. The Kier molecular flexibility index (Phi) is 3.23. The van der Waals surface area contributed by atoms with Gasteiger partial charge < -0.3 is 4.74 Å². The van der Waals surface area contributed by atoms with E-state index in [0.29, 0.717) is 0 Å². The lowest BCUT2D eigenvalue weighted by Crippen LogP contribution is -2.17. The first-order chi connectivity index (χ1) is 6.19. The van der Waals surface area contributed by atoms with Crippen LogP contribution in [0.25, 0.3) is 0 Å². The number of hydrogen-bond acceptors (Lipinski definition) is 3. The van der Waals surface area contributed by atoms with Gasteiger partial charge in [0.2, 0.25) is 0 Å². The molecule has 1 rings (SSSR count). The molecule has 0 amide bonds. The van der Waals surface area contributed by atoms with Gasteiger partial charge in [0.15, 0.2) is 0 Å². The highest BCUT2D eigenvalue weighted by Gasteiger charge is 2.37. The van der Waals surface area contributed by atoms with E-state index in [2.05, 4.69) is 11.3 Å². The fourth-order valence-corrected chi connectivity index (χ4v) is 1.64. The highest BCUT2D eigenvalue weighted by Crippen LogP contribution is 2.28. The van der Waals surface area contributed by atoms with Gasteiger partial charge in [-0.25, -0.2) is 0 Å². The first-order valence-corrected chi connectivity index (χ1v) is 4.56. The molecule has 3 nitrogen and oxygen atoms in total. The zero-order valence-electron chi connectivity index (χ0n) is 7.79. The van der Waals surface area contributed by atoms with Crippen LogP contribution in [0.4, 0.5) is 0 Å². The normalized spacial score (nSPS) is 24.2. The van der Waals surface area contributed by atoms with E-state index in [1.807, 2.05) is 6.92 Å². The van der Waals surface area contributed by atoms with E-state index in [1.165, 1.54) is 0 Å². The summed E-state index contributed by atoms with van der Waals surface area (Å²) in [6, 6.07) is 0. The Morgan fingerprint density at radius 3 is 2.77 bits per heavy atom. The second kappa shape index (κ2) is 4.21. The highest BCUT2D eigenvalue weighted by molar-refractivity contribution is 5.94. The Hall–Kier alpha value is -1.12. The molecule has 0 aromatic carbocycles. The molecule has 13 heavy (non-hydrogen) atoms. The first kappa shape index (κ1) is 9.96. The van der Waals surface area contributed by atoms with Crippen molar-refractivity contribution in [1.82, 2.24) is 0 Å². The van der Waals surface area contributed by atoms with Crippen LogP contribution in [0, 0.1) is 11.8 Å². The van der Waals surface area contributed by atoms with Crippen molar-refractivity contribution in [2.75, 3.05) is 0 Å². The minimum Gasteiger partial charge on any atom is -0.393 e. The van der Waals surface area contributed by atoms with Crippen molar-refractivity contribution in [2.24, 2.45) is 11.8 Å². The topological polar surface area (TPSA) is 43.4 Å². The molecule has 0 aromatic heterocycles. The van der Waals surface area contributed by atoms with Crippen molar-refractivity contribution in [3.05, 3.63) is 12.7 Å². The zero-order valence-corrected chi connectivity index (χ0v) is 7.79. The maximum absolute atomic E-state index is 11.2. The molecule has 1 fully saturated rings. The summed E-state index contributed by atoms with van der Waals surface area (Å²) in [6.07, 6.45) is 3.83. The van der Waals surface area contributed by atoms with E-state index in [4.69, 9.17) is 0 Å². The number of esters is 2. The van der Waals surface area contributed by atoms with Crippen molar-refractivity contribution >= 4 is 11.9 Å². The molecule has 3 heteroatoms. The van der Waals surface area contributed by atoms with Crippen molar-refractivity contribution in [3.63, 3.8) is 0 Å². The number of ether oxygens (including phenoxy) is 1. The van der Waals surface area contributed by atoms with Crippen molar-refractivity contribution < 1.29 is 14.3 Å². The number of hydrogen-bond donors (Lipinski definition) is 0. The Balaban J connectivity index is 2.63. The molecule has 1 saturated heterocycles. The van der Waals surface area contributed by atoms with Crippen LogP contribution in [0.3, 0.4) is 0 Å². The van der Waals surface area contributed by atoms with Gasteiger partial charge in [-0.1, -0.05) is 19.4 Å². The lowest BCUT2D eigenvalue weighted by atomic mass is 9.87. The summed E-state index contributed by atoms with van der Waals surface area (Å²) in [5, 5.41) is 0. The number of carbonyl (C=O) groups excluding carboxylic acids is 2. The second-order valence-corrected chi connectivity index (χ2v) is 3.29. The van der Waals surface area contributed by atoms with Gasteiger partial charge in [0.05, 0.1) is 12.3 Å². The molecule has 72 valence electrons. The van der Waals surface area contributed by atoms with Gasteiger partial charge in [-0.15, -0.1) is 6.58 Å². The van der Waals surface area contributed by atoms with Gasteiger partial charge in [0.25, 0.3) is 0 Å². The van der Waals surface area contributed by atoms with E-state index < -0.39 is 5.97 Å². The maximum Gasteiger partial charge on any atom is 0.317 e. The predicted molar refractivity (Wildman–Crippen MR) is 47.8 cm³/mol. The third-order valence-electron chi connectivity index (χ3n) is 2.35. The molecule has 1 aliphatic rings. The predicted octanol–water partition coefficient (Wildman–Crippen LogP) is 1.68. The minimum absolute atomic E-state index is 0.0870. The van der Waals surface area contributed by atoms with Gasteiger partial charge in [0.1, 0.15) is 0 Å². The third kappa shape index (κ3) is 2.17. The third-order valence-corrected chi connectivity index (χ3v) is 2.35. The van der Waals surface area contributed by atoms with Gasteiger partial charge in [-0.3, -0.25) is 9.59 Å². The van der Waals surface area contributed by atoms with Crippen LogP contribution >= 0.6 is 0 Å². The molecule has 0 saturated carbocycles. The first-order valence-electron chi connectivity index (χ1n) is 4.56. The standard InChI is InChI=1S/C10H14O3/c1-3-5-7(4-2)8-6-9(11)13-10(8)12/h4,7-8H,2-3,5-6H2,1H3. The molecule has 1 heterocycles. The SMILES string of the molecule is C=CC(CCC)C1CC(=O)OC1=O. The number of rotatable bonds is 4. The molecule has 2 atom stereocenters. The fraction of sp³-hybridized carbons (Fsp3) is 0.600. The molecular formula is C10H14O3. The van der Waals surface area contributed by atoms with Gasteiger partial charge in [0, 0.05) is 0 Å². The number of cyclic esters (lactones) is 2. The average molecular weight is 182 g/mol. The molecule has 0 spiro atoms. The summed E-state index contributed by atoms with van der Waals surface area (Å²) in [6.45, 7) is 5.70. The number of allylic oxidation sites excluding steroid dienone is 1. The molecule has 0 bridgehead atoms. The van der Waals surface area contributed by atoms with Crippen LogP contribution in [0.5, 0.6) is 0 Å². The van der Waals surface area contributed by atoms with E-state index in [-0.39, 0.29) is 24.2 Å². The van der Waals surface area contributed by atoms with Crippen LogP contribution in [-0.2, 0) is 14.3 Å². The lowest BCUT2D eigenvalue weighted by Gasteiger charge is -2.14. The van der Waals surface area contributed by atoms with E-state index in [9.17, 15) is 9.59 Å². The Morgan fingerprint density at radius 1 is 1.69 bits per heavy atom. The van der Waals surface area contributed by atoms with Crippen molar-refractivity contribution in [3.8, 4) is 0 Å².